The largest absolute Gasteiger partial charge is 0.467 e. The molecule has 0 bridgehead atoms. The highest BCUT2D eigenvalue weighted by Gasteiger charge is 2.28. The Morgan fingerprint density at radius 1 is 1.00 bits per heavy atom. The van der Waals surface area contributed by atoms with Crippen LogP contribution in [0.25, 0.3) is 11.3 Å². The van der Waals surface area contributed by atoms with Crippen molar-refractivity contribution in [2.75, 3.05) is 10.2 Å². The third kappa shape index (κ3) is 3.47. The molecular formula is C24H22N4O. The second-order valence-electron chi connectivity index (χ2n) is 7.29. The van der Waals surface area contributed by atoms with Gasteiger partial charge in [-0.05, 0) is 37.1 Å². The number of aromatic nitrogens is 2. The van der Waals surface area contributed by atoms with E-state index in [4.69, 9.17) is 14.4 Å². The zero-order chi connectivity index (χ0) is 19.6. The highest BCUT2D eigenvalue weighted by Crippen LogP contribution is 2.38. The lowest BCUT2D eigenvalue weighted by Gasteiger charge is -2.25. The number of benzene rings is 2. The van der Waals surface area contributed by atoms with Gasteiger partial charge in [-0.1, -0.05) is 48.5 Å². The van der Waals surface area contributed by atoms with Gasteiger partial charge < -0.3 is 14.6 Å². The highest BCUT2D eigenvalue weighted by atomic mass is 16.3. The molecule has 3 heterocycles. The number of hydrogen-bond acceptors (Lipinski definition) is 5. The molecule has 144 valence electrons. The number of fused-ring (bicyclic) bond motifs is 1. The summed E-state index contributed by atoms with van der Waals surface area (Å²) in [5.74, 6) is 2.34. The predicted octanol–water partition coefficient (Wildman–Crippen LogP) is 5.43. The second-order valence-corrected chi connectivity index (χ2v) is 7.29. The SMILES string of the molecule is CC1Cc2ccccc2N1c1cc(-c2ccccc2)nc(NCc2ccco2)n1. The Bertz CT molecular complexity index is 1110. The predicted molar refractivity (Wildman–Crippen MR) is 115 cm³/mol. The van der Waals surface area contributed by atoms with Crippen molar-refractivity contribution < 1.29 is 4.42 Å². The maximum absolute atomic E-state index is 5.44. The van der Waals surface area contributed by atoms with Crippen LogP contribution >= 0.6 is 0 Å². The number of rotatable bonds is 5. The lowest BCUT2D eigenvalue weighted by Crippen LogP contribution is -2.25. The van der Waals surface area contributed by atoms with E-state index in [1.807, 2.05) is 30.3 Å². The summed E-state index contributed by atoms with van der Waals surface area (Å²) in [7, 11) is 0. The van der Waals surface area contributed by atoms with E-state index in [0.717, 1.165) is 29.3 Å². The minimum atomic E-state index is 0.337. The number of nitrogens with zero attached hydrogens (tertiary/aromatic N) is 3. The molecule has 2 aromatic heterocycles. The van der Waals surface area contributed by atoms with Gasteiger partial charge in [0.25, 0.3) is 0 Å². The molecule has 5 rings (SSSR count). The van der Waals surface area contributed by atoms with Crippen LogP contribution in [-0.4, -0.2) is 16.0 Å². The van der Waals surface area contributed by atoms with Gasteiger partial charge in [-0.2, -0.15) is 4.98 Å². The molecule has 0 saturated heterocycles. The first kappa shape index (κ1) is 17.5. The summed E-state index contributed by atoms with van der Waals surface area (Å²) in [6, 6.07) is 25.0. The van der Waals surface area contributed by atoms with E-state index in [-0.39, 0.29) is 0 Å². The molecule has 4 aromatic rings. The van der Waals surface area contributed by atoms with Gasteiger partial charge in [0.2, 0.25) is 5.95 Å². The molecule has 5 nitrogen and oxygen atoms in total. The average molecular weight is 382 g/mol. The first-order valence-electron chi connectivity index (χ1n) is 9.86. The molecular weight excluding hydrogens is 360 g/mol. The van der Waals surface area contributed by atoms with Crippen LogP contribution in [0.1, 0.15) is 18.2 Å². The zero-order valence-corrected chi connectivity index (χ0v) is 16.2. The van der Waals surface area contributed by atoms with Gasteiger partial charge in [0, 0.05) is 23.4 Å². The molecule has 0 aliphatic carbocycles. The number of furan rings is 1. The van der Waals surface area contributed by atoms with Crippen LogP contribution in [0.2, 0.25) is 0 Å². The monoisotopic (exact) mass is 382 g/mol. The maximum atomic E-state index is 5.44. The van der Waals surface area contributed by atoms with Crippen molar-refractivity contribution in [3.05, 3.63) is 90.4 Å². The van der Waals surface area contributed by atoms with Gasteiger partial charge in [-0.3, -0.25) is 0 Å². The van der Waals surface area contributed by atoms with Crippen molar-refractivity contribution in [2.24, 2.45) is 0 Å². The van der Waals surface area contributed by atoms with E-state index < -0.39 is 0 Å². The number of hydrogen-bond donors (Lipinski definition) is 1. The van der Waals surface area contributed by atoms with Gasteiger partial charge in [0.05, 0.1) is 18.5 Å². The Kier molecular flexibility index (Phi) is 4.48. The summed E-state index contributed by atoms with van der Waals surface area (Å²) in [4.78, 5) is 11.9. The lowest BCUT2D eigenvalue weighted by molar-refractivity contribution is 0.517. The maximum Gasteiger partial charge on any atom is 0.225 e. The van der Waals surface area contributed by atoms with Gasteiger partial charge >= 0.3 is 0 Å². The van der Waals surface area contributed by atoms with E-state index in [9.17, 15) is 0 Å². The van der Waals surface area contributed by atoms with Crippen LogP contribution < -0.4 is 10.2 Å². The normalized spacial score (nSPS) is 15.3. The molecule has 1 unspecified atom stereocenters. The molecule has 1 aliphatic rings. The van der Waals surface area contributed by atoms with Crippen molar-refractivity contribution in [2.45, 2.75) is 25.9 Å². The minimum absolute atomic E-state index is 0.337. The number of nitrogens with one attached hydrogen (secondary N) is 1. The fraction of sp³-hybridized carbons (Fsp3) is 0.167. The molecule has 0 spiro atoms. The molecule has 1 N–H and O–H groups in total. The van der Waals surface area contributed by atoms with E-state index in [0.29, 0.717) is 18.5 Å². The Balaban J connectivity index is 1.56. The first-order chi connectivity index (χ1) is 14.3. The third-order valence-corrected chi connectivity index (χ3v) is 5.24. The standard InChI is InChI=1S/C24H22N4O/c1-17-14-19-10-5-6-12-22(19)28(17)23-15-21(18-8-3-2-4-9-18)26-24(27-23)25-16-20-11-7-13-29-20/h2-13,15,17H,14,16H2,1H3,(H,25,26,27). The highest BCUT2D eigenvalue weighted by molar-refractivity contribution is 5.73. The average Bonchev–Trinajstić information content (AvgIpc) is 3.39. The molecule has 0 saturated carbocycles. The van der Waals surface area contributed by atoms with Gasteiger partial charge in [-0.15, -0.1) is 0 Å². The van der Waals surface area contributed by atoms with Crippen LogP contribution in [0.4, 0.5) is 17.5 Å². The smallest absolute Gasteiger partial charge is 0.225 e. The van der Waals surface area contributed by atoms with Crippen molar-refractivity contribution in [3.8, 4) is 11.3 Å². The fourth-order valence-corrected chi connectivity index (χ4v) is 3.89. The molecule has 1 aliphatic heterocycles. The van der Waals surface area contributed by atoms with Crippen molar-refractivity contribution >= 4 is 17.5 Å². The van der Waals surface area contributed by atoms with E-state index >= 15 is 0 Å². The van der Waals surface area contributed by atoms with Gasteiger partial charge in [0.1, 0.15) is 11.6 Å². The topological polar surface area (TPSA) is 54.2 Å². The van der Waals surface area contributed by atoms with Crippen LogP contribution in [0.5, 0.6) is 0 Å². The molecule has 0 radical (unpaired) electrons. The summed E-state index contributed by atoms with van der Waals surface area (Å²) >= 11 is 0. The van der Waals surface area contributed by atoms with E-state index in [1.165, 1.54) is 11.3 Å². The molecule has 2 aromatic carbocycles. The van der Waals surface area contributed by atoms with Crippen LogP contribution in [-0.2, 0) is 13.0 Å². The first-order valence-corrected chi connectivity index (χ1v) is 9.86. The fourth-order valence-electron chi connectivity index (χ4n) is 3.89. The minimum Gasteiger partial charge on any atom is -0.467 e. The summed E-state index contributed by atoms with van der Waals surface area (Å²) in [5, 5.41) is 3.32. The second kappa shape index (κ2) is 7.43. The summed E-state index contributed by atoms with van der Waals surface area (Å²) in [5.41, 5.74) is 4.53. The van der Waals surface area contributed by atoms with Crippen LogP contribution in [0, 0.1) is 0 Å². The number of para-hydroxylation sites is 1. The Morgan fingerprint density at radius 2 is 1.83 bits per heavy atom. The summed E-state index contributed by atoms with van der Waals surface area (Å²) < 4.78 is 5.44. The van der Waals surface area contributed by atoms with Crippen LogP contribution in [0.3, 0.4) is 0 Å². The van der Waals surface area contributed by atoms with Crippen LogP contribution in [0.15, 0.2) is 83.5 Å². The van der Waals surface area contributed by atoms with Crippen molar-refractivity contribution in [1.29, 1.82) is 0 Å². The quantitative estimate of drug-likeness (QED) is 0.499. The molecule has 5 heteroatoms. The van der Waals surface area contributed by atoms with Crippen molar-refractivity contribution in [1.82, 2.24) is 9.97 Å². The van der Waals surface area contributed by atoms with Gasteiger partial charge in [-0.25, -0.2) is 4.98 Å². The lowest BCUT2D eigenvalue weighted by atomic mass is 10.1. The summed E-state index contributed by atoms with van der Waals surface area (Å²) in [6.45, 7) is 2.77. The molecule has 0 fully saturated rings. The van der Waals surface area contributed by atoms with E-state index in [1.54, 1.807) is 6.26 Å². The Labute approximate surface area is 170 Å². The Morgan fingerprint density at radius 3 is 2.66 bits per heavy atom. The van der Waals surface area contributed by atoms with Gasteiger partial charge in [0.15, 0.2) is 0 Å². The molecule has 0 amide bonds. The molecule has 1 atom stereocenters. The number of anilines is 3. The Hall–Kier alpha value is -3.60. The zero-order valence-electron chi connectivity index (χ0n) is 16.2. The molecule has 29 heavy (non-hydrogen) atoms. The van der Waals surface area contributed by atoms with Crippen molar-refractivity contribution in [3.63, 3.8) is 0 Å². The van der Waals surface area contributed by atoms with E-state index in [2.05, 4.69) is 59.6 Å². The summed E-state index contributed by atoms with van der Waals surface area (Å²) in [6.07, 6.45) is 2.68. The third-order valence-electron chi connectivity index (χ3n) is 5.24.